The first-order valence-corrected chi connectivity index (χ1v) is 6.39. The van der Waals surface area contributed by atoms with Crippen LogP contribution in [-0.2, 0) is 18.0 Å². The number of ether oxygens (including phenoxy) is 1. The number of carbonyl (C=O) groups is 1. The van der Waals surface area contributed by atoms with Crippen molar-refractivity contribution < 1.29 is 14.6 Å². The van der Waals surface area contributed by atoms with Crippen molar-refractivity contribution in [2.45, 2.75) is 13.2 Å². The van der Waals surface area contributed by atoms with E-state index in [0.29, 0.717) is 0 Å². The van der Waals surface area contributed by atoms with E-state index in [1.165, 1.54) is 0 Å². The van der Waals surface area contributed by atoms with Crippen LogP contribution in [0.15, 0.2) is 42.5 Å². The van der Waals surface area contributed by atoms with Crippen molar-refractivity contribution in [3.05, 3.63) is 64.2 Å². The van der Waals surface area contributed by atoms with Gasteiger partial charge in [0.2, 0.25) is 0 Å². The van der Waals surface area contributed by atoms with Gasteiger partial charge < -0.3 is 15.6 Å². The van der Waals surface area contributed by atoms with Crippen LogP contribution in [0.4, 0.5) is 5.69 Å². The van der Waals surface area contributed by atoms with Gasteiger partial charge in [-0.15, -0.1) is 0 Å². The molecule has 3 N–H and O–H groups in total. The number of hydrogen-bond acceptors (Lipinski definition) is 4. The van der Waals surface area contributed by atoms with Gasteiger partial charge in [0.05, 0.1) is 11.6 Å². The van der Waals surface area contributed by atoms with Crippen LogP contribution < -0.4 is 5.73 Å². The van der Waals surface area contributed by atoms with Gasteiger partial charge in [-0.25, -0.2) is 4.79 Å². The molecule has 2 aromatic carbocycles. The highest BCUT2D eigenvalue weighted by atomic mass is 35.5. The smallest absolute Gasteiger partial charge is 0.342 e. The van der Waals surface area contributed by atoms with Crippen molar-refractivity contribution in [1.82, 2.24) is 0 Å². The van der Waals surface area contributed by atoms with Gasteiger partial charge in [0.25, 0.3) is 0 Å². The van der Waals surface area contributed by atoms with E-state index in [4.69, 9.17) is 27.2 Å². The van der Waals surface area contributed by atoms with Crippen LogP contribution in [0.25, 0.3) is 0 Å². The van der Waals surface area contributed by atoms with Crippen LogP contribution in [0.5, 0.6) is 0 Å². The molecule has 0 atom stereocenters. The summed E-state index contributed by atoms with van der Waals surface area (Å²) >= 11 is 5.94. The van der Waals surface area contributed by atoms with Crippen LogP contribution in [0.2, 0.25) is 5.02 Å². The zero-order chi connectivity index (χ0) is 14.5. The molecule has 20 heavy (non-hydrogen) atoms. The standard InChI is InChI=1S/C15H14ClNO3/c16-12-2-1-3-13(17)14(12)15(19)20-9-11-6-4-10(8-18)5-7-11/h1-7,18H,8-9,17H2. The lowest BCUT2D eigenvalue weighted by molar-refractivity contribution is 0.0474. The Morgan fingerprint density at radius 1 is 1.15 bits per heavy atom. The maximum atomic E-state index is 12.0. The molecular weight excluding hydrogens is 278 g/mol. The molecule has 2 aromatic rings. The van der Waals surface area contributed by atoms with Crippen molar-refractivity contribution in [1.29, 1.82) is 0 Å². The molecule has 104 valence electrons. The van der Waals surface area contributed by atoms with E-state index in [1.54, 1.807) is 42.5 Å². The number of nitrogen functional groups attached to an aromatic ring is 1. The lowest BCUT2D eigenvalue weighted by atomic mass is 10.1. The number of benzene rings is 2. The molecule has 0 aliphatic rings. The molecule has 0 aromatic heterocycles. The van der Waals surface area contributed by atoms with E-state index < -0.39 is 5.97 Å². The van der Waals surface area contributed by atoms with Crippen LogP contribution in [0, 0.1) is 0 Å². The maximum absolute atomic E-state index is 12.0. The number of nitrogens with two attached hydrogens (primary N) is 1. The fourth-order valence-corrected chi connectivity index (χ4v) is 1.98. The van der Waals surface area contributed by atoms with Gasteiger partial charge >= 0.3 is 5.97 Å². The van der Waals surface area contributed by atoms with Crippen molar-refractivity contribution in [3.8, 4) is 0 Å². The van der Waals surface area contributed by atoms with E-state index in [-0.39, 0.29) is 29.5 Å². The van der Waals surface area contributed by atoms with E-state index >= 15 is 0 Å². The third-order valence-corrected chi connectivity index (χ3v) is 3.14. The summed E-state index contributed by atoms with van der Waals surface area (Å²) in [6.07, 6.45) is 0. The molecule has 0 saturated carbocycles. The Hall–Kier alpha value is -2.04. The average molecular weight is 292 g/mol. The molecule has 0 amide bonds. The van der Waals surface area contributed by atoms with Gasteiger partial charge in [-0.1, -0.05) is 41.9 Å². The van der Waals surface area contributed by atoms with Gasteiger partial charge in [-0.2, -0.15) is 0 Å². The van der Waals surface area contributed by atoms with Gasteiger partial charge in [-0.3, -0.25) is 0 Å². The summed E-state index contributed by atoms with van der Waals surface area (Å²) in [5, 5.41) is 9.21. The summed E-state index contributed by atoms with van der Waals surface area (Å²) in [7, 11) is 0. The van der Waals surface area contributed by atoms with Gasteiger partial charge in [-0.05, 0) is 23.3 Å². The normalized spacial score (nSPS) is 10.3. The van der Waals surface area contributed by atoms with Crippen molar-refractivity contribution in [3.63, 3.8) is 0 Å². The Bertz CT molecular complexity index is 591. The molecule has 5 heteroatoms. The van der Waals surface area contributed by atoms with E-state index in [9.17, 15) is 4.79 Å². The minimum atomic E-state index is -0.556. The van der Waals surface area contributed by atoms with Crippen LogP contribution >= 0.6 is 11.6 Å². The van der Waals surface area contributed by atoms with Crippen molar-refractivity contribution in [2.75, 3.05) is 5.73 Å². The van der Waals surface area contributed by atoms with Crippen molar-refractivity contribution in [2.24, 2.45) is 0 Å². The first-order valence-electron chi connectivity index (χ1n) is 6.01. The van der Waals surface area contributed by atoms with Crippen LogP contribution in [0.1, 0.15) is 21.5 Å². The summed E-state index contributed by atoms with van der Waals surface area (Å²) in [5.41, 5.74) is 7.81. The number of rotatable bonds is 4. The van der Waals surface area contributed by atoms with Crippen molar-refractivity contribution >= 4 is 23.3 Å². The third kappa shape index (κ3) is 3.29. The molecule has 0 radical (unpaired) electrons. The fraction of sp³-hybridized carbons (Fsp3) is 0.133. The second kappa shape index (κ2) is 6.41. The second-order valence-electron chi connectivity index (χ2n) is 4.25. The number of hydrogen-bond donors (Lipinski definition) is 2. The third-order valence-electron chi connectivity index (χ3n) is 2.83. The quantitative estimate of drug-likeness (QED) is 0.671. The zero-order valence-corrected chi connectivity index (χ0v) is 11.4. The number of carbonyl (C=O) groups excluding carboxylic acids is 1. The highest BCUT2D eigenvalue weighted by molar-refractivity contribution is 6.34. The lowest BCUT2D eigenvalue weighted by Gasteiger charge is -2.09. The Balaban J connectivity index is 2.05. The molecule has 0 saturated heterocycles. The SMILES string of the molecule is Nc1cccc(Cl)c1C(=O)OCc1ccc(CO)cc1. The highest BCUT2D eigenvalue weighted by Crippen LogP contribution is 2.23. The summed E-state index contributed by atoms with van der Waals surface area (Å²) in [6, 6.07) is 12.0. The zero-order valence-electron chi connectivity index (χ0n) is 10.7. The summed E-state index contributed by atoms with van der Waals surface area (Å²) in [4.78, 5) is 12.0. The summed E-state index contributed by atoms with van der Waals surface area (Å²) < 4.78 is 5.18. The molecule has 0 heterocycles. The minimum Gasteiger partial charge on any atom is -0.457 e. The van der Waals surface area contributed by atoms with Gasteiger partial charge in [0.1, 0.15) is 12.2 Å². The predicted molar refractivity (Wildman–Crippen MR) is 77.3 cm³/mol. The Labute approximate surface area is 121 Å². The van der Waals surface area contributed by atoms with Crippen LogP contribution in [-0.4, -0.2) is 11.1 Å². The first-order chi connectivity index (χ1) is 9.61. The minimum absolute atomic E-state index is 0.0176. The average Bonchev–Trinajstić information content (AvgIpc) is 2.45. The number of halogens is 1. The molecule has 0 unspecified atom stereocenters. The molecular formula is C15H14ClNO3. The second-order valence-corrected chi connectivity index (χ2v) is 4.66. The largest absolute Gasteiger partial charge is 0.457 e. The highest BCUT2D eigenvalue weighted by Gasteiger charge is 2.15. The Morgan fingerprint density at radius 2 is 1.80 bits per heavy atom. The molecule has 4 nitrogen and oxygen atoms in total. The molecule has 0 fully saturated rings. The molecule has 0 bridgehead atoms. The van der Waals surface area contributed by atoms with Gasteiger partial charge in [0, 0.05) is 5.69 Å². The lowest BCUT2D eigenvalue weighted by Crippen LogP contribution is -2.09. The summed E-state index contributed by atoms with van der Waals surface area (Å²) in [5.74, 6) is -0.556. The monoisotopic (exact) mass is 291 g/mol. The maximum Gasteiger partial charge on any atom is 0.342 e. The predicted octanol–water partition coefficient (Wildman–Crippen LogP) is 2.77. The first kappa shape index (κ1) is 14.4. The molecule has 0 spiro atoms. The number of esters is 1. The van der Waals surface area contributed by atoms with Gasteiger partial charge in [0.15, 0.2) is 0 Å². The Morgan fingerprint density at radius 3 is 2.40 bits per heavy atom. The molecule has 0 aliphatic heterocycles. The molecule has 2 rings (SSSR count). The van der Waals surface area contributed by atoms with E-state index in [1.807, 2.05) is 0 Å². The topological polar surface area (TPSA) is 72.6 Å². The Kier molecular flexibility index (Phi) is 4.61. The number of aliphatic hydroxyl groups excluding tert-OH is 1. The number of anilines is 1. The summed E-state index contributed by atoms with van der Waals surface area (Å²) in [6.45, 7) is 0.103. The fourth-order valence-electron chi connectivity index (χ4n) is 1.72. The molecule has 0 aliphatic carbocycles. The number of aliphatic hydroxyl groups is 1. The van der Waals surface area contributed by atoms with E-state index in [2.05, 4.69) is 0 Å². The van der Waals surface area contributed by atoms with E-state index in [0.717, 1.165) is 11.1 Å². The van der Waals surface area contributed by atoms with Crippen LogP contribution in [0.3, 0.4) is 0 Å².